The molecule has 0 bridgehead atoms. The highest BCUT2D eigenvalue weighted by molar-refractivity contribution is 5.85. The highest BCUT2D eigenvalue weighted by Gasteiger charge is 2.30. The van der Waals surface area contributed by atoms with E-state index < -0.39 is 17.8 Å². The first-order chi connectivity index (χ1) is 9.84. The van der Waals surface area contributed by atoms with Crippen molar-refractivity contribution < 1.29 is 22.7 Å². The number of ether oxygens (including phenoxy) is 1. The summed E-state index contributed by atoms with van der Waals surface area (Å²) < 4.78 is 42.7. The molecule has 0 spiro atoms. The SMILES string of the molecule is COCCNCC(=O)NC(C)c1cccc(C(F)(F)F)c1.Cl. The molecular formula is C14H20ClF3N2O2. The van der Waals surface area contributed by atoms with Gasteiger partial charge in [-0.05, 0) is 24.6 Å². The van der Waals surface area contributed by atoms with Gasteiger partial charge in [-0.3, -0.25) is 4.79 Å². The van der Waals surface area contributed by atoms with Gasteiger partial charge in [0.1, 0.15) is 0 Å². The van der Waals surface area contributed by atoms with Crippen LogP contribution in [0.5, 0.6) is 0 Å². The van der Waals surface area contributed by atoms with Gasteiger partial charge >= 0.3 is 6.18 Å². The van der Waals surface area contributed by atoms with Crippen LogP contribution < -0.4 is 10.6 Å². The Morgan fingerprint density at radius 3 is 2.64 bits per heavy atom. The molecule has 4 nitrogen and oxygen atoms in total. The van der Waals surface area contributed by atoms with Crippen LogP contribution >= 0.6 is 12.4 Å². The van der Waals surface area contributed by atoms with Gasteiger partial charge in [-0.1, -0.05) is 12.1 Å². The molecule has 22 heavy (non-hydrogen) atoms. The maximum Gasteiger partial charge on any atom is 0.416 e. The van der Waals surface area contributed by atoms with Crippen molar-refractivity contribution >= 4 is 18.3 Å². The number of nitrogens with one attached hydrogen (secondary N) is 2. The van der Waals surface area contributed by atoms with E-state index in [4.69, 9.17) is 4.74 Å². The molecule has 2 N–H and O–H groups in total. The molecule has 0 saturated heterocycles. The summed E-state index contributed by atoms with van der Waals surface area (Å²) in [5.41, 5.74) is -0.311. The van der Waals surface area contributed by atoms with Crippen molar-refractivity contribution in [3.8, 4) is 0 Å². The van der Waals surface area contributed by atoms with Crippen LogP contribution in [0, 0.1) is 0 Å². The second kappa shape index (κ2) is 9.66. The number of hydrogen-bond acceptors (Lipinski definition) is 3. The van der Waals surface area contributed by atoms with E-state index >= 15 is 0 Å². The zero-order valence-corrected chi connectivity index (χ0v) is 13.2. The zero-order chi connectivity index (χ0) is 15.9. The number of hydrogen-bond donors (Lipinski definition) is 2. The molecule has 1 rings (SSSR count). The fraction of sp³-hybridized carbons (Fsp3) is 0.500. The first-order valence-electron chi connectivity index (χ1n) is 6.50. The van der Waals surface area contributed by atoms with Crippen LogP contribution in [0.4, 0.5) is 13.2 Å². The lowest BCUT2D eigenvalue weighted by Crippen LogP contribution is -2.36. The fourth-order valence-corrected chi connectivity index (χ4v) is 1.74. The Balaban J connectivity index is 0.00000441. The minimum absolute atomic E-state index is 0. The van der Waals surface area contributed by atoms with Crippen molar-refractivity contribution in [1.29, 1.82) is 0 Å². The lowest BCUT2D eigenvalue weighted by molar-refractivity contribution is -0.137. The summed E-state index contributed by atoms with van der Waals surface area (Å²) in [4.78, 5) is 11.6. The summed E-state index contributed by atoms with van der Waals surface area (Å²) >= 11 is 0. The van der Waals surface area contributed by atoms with Crippen molar-refractivity contribution in [1.82, 2.24) is 10.6 Å². The first-order valence-corrected chi connectivity index (χ1v) is 6.50. The largest absolute Gasteiger partial charge is 0.416 e. The minimum atomic E-state index is -4.39. The molecule has 126 valence electrons. The van der Waals surface area contributed by atoms with Gasteiger partial charge < -0.3 is 15.4 Å². The third kappa shape index (κ3) is 7.11. The third-order valence-corrected chi connectivity index (χ3v) is 2.86. The molecule has 8 heteroatoms. The van der Waals surface area contributed by atoms with E-state index in [2.05, 4.69) is 10.6 Å². The van der Waals surface area contributed by atoms with Crippen molar-refractivity contribution in [3.63, 3.8) is 0 Å². The number of methoxy groups -OCH3 is 1. The molecule has 0 radical (unpaired) electrons. The van der Waals surface area contributed by atoms with Crippen LogP contribution in [0.25, 0.3) is 0 Å². The van der Waals surface area contributed by atoms with Gasteiger partial charge in [0.2, 0.25) is 5.91 Å². The molecular weight excluding hydrogens is 321 g/mol. The maximum atomic E-state index is 12.6. The van der Waals surface area contributed by atoms with Crippen LogP contribution in [-0.2, 0) is 15.7 Å². The lowest BCUT2D eigenvalue weighted by Gasteiger charge is -2.16. The van der Waals surface area contributed by atoms with Crippen LogP contribution in [-0.4, -0.2) is 32.7 Å². The topological polar surface area (TPSA) is 50.4 Å². The summed E-state index contributed by atoms with van der Waals surface area (Å²) in [6, 6.07) is 4.44. The van der Waals surface area contributed by atoms with Gasteiger partial charge in [-0.2, -0.15) is 13.2 Å². The molecule has 0 aliphatic rings. The minimum Gasteiger partial charge on any atom is -0.383 e. The molecule has 0 fully saturated rings. The number of carbonyl (C=O) groups is 1. The average molecular weight is 341 g/mol. The van der Waals surface area contributed by atoms with Gasteiger partial charge in [-0.25, -0.2) is 0 Å². The lowest BCUT2D eigenvalue weighted by atomic mass is 10.0. The highest BCUT2D eigenvalue weighted by Crippen LogP contribution is 2.30. The van der Waals surface area contributed by atoms with Crippen molar-refractivity contribution in [2.75, 3.05) is 26.8 Å². The van der Waals surface area contributed by atoms with Gasteiger partial charge in [0.05, 0.1) is 24.8 Å². The van der Waals surface area contributed by atoms with Crippen molar-refractivity contribution in [2.45, 2.75) is 19.1 Å². The number of carbonyl (C=O) groups excluding carboxylic acids is 1. The second-order valence-electron chi connectivity index (χ2n) is 4.58. The Labute approximate surface area is 133 Å². The fourth-order valence-electron chi connectivity index (χ4n) is 1.74. The van der Waals surface area contributed by atoms with E-state index in [9.17, 15) is 18.0 Å². The van der Waals surface area contributed by atoms with Crippen LogP contribution in [0.15, 0.2) is 24.3 Å². The Kier molecular flexibility index (Phi) is 9.08. The quantitative estimate of drug-likeness (QED) is 0.750. The molecule has 0 saturated carbocycles. The molecule has 0 heterocycles. The van der Waals surface area contributed by atoms with Crippen molar-refractivity contribution in [2.24, 2.45) is 0 Å². The summed E-state index contributed by atoms with van der Waals surface area (Å²) in [7, 11) is 1.55. The van der Waals surface area contributed by atoms with Crippen LogP contribution in [0.1, 0.15) is 24.1 Å². The predicted molar refractivity (Wildman–Crippen MR) is 80.0 cm³/mol. The van der Waals surface area contributed by atoms with Crippen molar-refractivity contribution in [3.05, 3.63) is 35.4 Å². The molecule has 1 atom stereocenters. The number of benzene rings is 1. The zero-order valence-electron chi connectivity index (χ0n) is 12.4. The smallest absolute Gasteiger partial charge is 0.383 e. The average Bonchev–Trinajstić information content (AvgIpc) is 2.43. The van der Waals surface area contributed by atoms with E-state index in [1.165, 1.54) is 6.07 Å². The summed E-state index contributed by atoms with van der Waals surface area (Å²) in [5.74, 6) is -0.281. The second-order valence-corrected chi connectivity index (χ2v) is 4.58. The van der Waals surface area contributed by atoms with E-state index in [0.29, 0.717) is 18.7 Å². The summed E-state index contributed by atoms with van der Waals surface area (Å²) in [6.07, 6.45) is -4.39. The Morgan fingerprint density at radius 1 is 1.36 bits per heavy atom. The number of alkyl halides is 3. The molecule has 1 aromatic rings. The van der Waals surface area contributed by atoms with Gasteiger partial charge in [0.15, 0.2) is 0 Å². The Morgan fingerprint density at radius 2 is 2.05 bits per heavy atom. The Hall–Kier alpha value is -1.31. The van der Waals surface area contributed by atoms with Gasteiger partial charge in [-0.15, -0.1) is 12.4 Å². The monoisotopic (exact) mass is 340 g/mol. The summed E-state index contributed by atoms with van der Waals surface area (Å²) in [6.45, 7) is 2.74. The molecule has 0 aliphatic heterocycles. The molecule has 1 amide bonds. The third-order valence-electron chi connectivity index (χ3n) is 2.86. The van der Waals surface area contributed by atoms with E-state index in [1.54, 1.807) is 20.1 Å². The number of halogens is 4. The predicted octanol–water partition coefficient (Wildman–Crippen LogP) is 2.54. The number of rotatable bonds is 7. The maximum absolute atomic E-state index is 12.6. The normalized spacial score (nSPS) is 12.4. The van der Waals surface area contributed by atoms with Crippen LogP contribution in [0.2, 0.25) is 0 Å². The first kappa shape index (κ1) is 20.7. The molecule has 0 aromatic heterocycles. The van der Waals surface area contributed by atoms with E-state index in [1.807, 2.05) is 0 Å². The van der Waals surface area contributed by atoms with Gasteiger partial charge in [0, 0.05) is 13.7 Å². The highest BCUT2D eigenvalue weighted by atomic mass is 35.5. The van der Waals surface area contributed by atoms with E-state index in [-0.39, 0.29) is 24.9 Å². The van der Waals surface area contributed by atoms with Gasteiger partial charge in [0.25, 0.3) is 0 Å². The summed E-state index contributed by atoms with van der Waals surface area (Å²) in [5, 5.41) is 5.50. The standard InChI is InChI=1S/C14H19F3N2O2.ClH/c1-10(19-13(20)9-18-6-7-21-2)11-4-3-5-12(8-11)14(15,16)17;/h3-5,8,10,18H,6-7,9H2,1-2H3,(H,19,20);1H. The van der Waals surface area contributed by atoms with Crippen LogP contribution in [0.3, 0.4) is 0 Å². The van der Waals surface area contributed by atoms with E-state index in [0.717, 1.165) is 12.1 Å². The number of amides is 1. The molecule has 0 aliphatic carbocycles. The Bertz CT molecular complexity index is 470. The molecule has 1 aromatic carbocycles. The molecule has 1 unspecified atom stereocenters.